The fourth-order valence-electron chi connectivity index (χ4n) is 5.16. The Hall–Kier alpha value is -1.35. The SMILES string of the molecule is CN1C(=O)C2(CC[NH2+]C23CCCCC3)c2ccccc21. The molecule has 0 bridgehead atoms. The summed E-state index contributed by atoms with van der Waals surface area (Å²) in [6.07, 6.45) is 7.28. The maximum Gasteiger partial charge on any atom is 0.244 e. The first kappa shape index (κ1) is 12.4. The van der Waals surface area contributed by atoms with E-state index in [9.17, 15) is 4.79 Å². The molecule has 0 aromatic heterocycles. The highest BCUT2D eigenvalue weighted by Gasteiger charge is 2.67. The summed E-state index contributed by atoms with van der Waals surface area (Å²) in [7, 11) is 1.95. The van der Waals surface area contributed by atoms with E-state index in [1.807, 2.05) is 18.0 Å². The van der Waals surface area contributed by atoms with Crippen LogP contribution in [0.3, 0.4) is 0 Å². The van der Waals surface area contributed by atoms with Crippen LogP contribution in [0.5, 0.6) is 0 Å². The van der Waals surface area contributed by atoms with Crippen LogP contribution in [0.2, 0.25) is 0 Å². The van der Waals surface area contributed by atoms with Gasteiger partial charge in [0.2, 0.25) is 5.91 Å². The summed E-state index contributed by atoms with van der Waals surface area (Å²) in [5.41, 5.74) is 2.31. The lowest BCUT2D eigenvalue weighted by Crippen LogP contribution is -2.97. The second-order valence-electron chi connectivity index (χ2n) is 6.75. The number of hydrogen-bond acceptors (Lipinski definition) is 1. The number of benzene rings is 1. The first-order valence-corrected chi connectivity index (χ1v) is 7.93. The molecule has 2 heterocycles. The van der Waals surface area contributed by atoms with Crippen LogP contribution in [-0.4, -0.2) is 25.0 Å². The van der Waals surface area contributed by atoms with E-state index in [0.29, 0.717) is 5.91 Å². The van der Waals surface area contributed by atoms with Crippen LogP contribution in [-0.2, 0) is 10.2 Å². The van der Waals surface area contributed by atoms with Crippen molar-refractivity contribution in [2.45, 2.75) is 49.5 Å². The van der Waals surface area contributed by atoms with Crippen molar-refractivity contribution in [2.75, 3.05) is 18.5 Å². The predicted molar refractivity (Wildman–Crippen MR) is 78.8 cm³/mol. The van der Waals surface area contributed by atoms with Crippen LogP contribution in [0, 0.1) is 0 Å². The molecule has 3 heteroatoms. The Morgan fingerprint density at radius 3 is 2.65 bits per heavy atom. The third-order valence-corrected chi connectivity index (χ3v) is 6.05. The van der Waals surface area contributed by atoms with Crippen molar-refractivity contribution in [1.82, 2.24) is 0 Å². The molecule has 20 heavy (non-hydrogen) atoms. The van der Waals surface area contributed by atoms with Gasteiger partial charge >= 0.3 is 0 Å². The molecule has 1 amide bonds. The van der Waals surface area contributed by atoms with E-state index >= 15 is 0 Å². The summed E-state index contributed by atoms with van der Waals surface area (Å²) in [5, 5.41) is 2.50. The average molecular weight is 271 g/mol. The van der Waals surface area contributed by atoms with E-state index < -0.39 is 0 Å². The molecule has 2 aliphatic heterocycles. The summed E-state index contributed by atoms with van der Waals surface area (Å²) in [5.74, 6) is 0.342. The number of likely N-dealkylation sites (N-methyl/N-ethyl adjacent to an activating group) is 1. The Morgan fingerprint density at radius 2 is 1.85 bits per heavy atom. The number of hydrogen-bond donors (Lipinski definition) is 1. The van der Waals surface area contributed by atoms with Crippen LogP contribution in [0.15, 0.2) is 24.3 Å². The first-order chi connectivity index (χ1) is 9.71. The van der Waals surface area contributed by atoms with Crippen molar-refractivity contribution in [3.63, 3.8) is 0 Å². The molecule has 1 atom stereocenters. The zero-order valence-corrected chi connectivity index (χ0v) is 12.2. The van der Waals surface area contributed by atoms with Crippen LogP contribution in [0.4, 0.5) is 5.69 Å². The highest BCUT2D eigenvalue weighted by molar-refractivity contribution is 6.08. The largest absolute Gasteiger partial charge is 0.340 e. The lowest BCUT2D eigenvalue weighted by Gasteiger charge is -2.41. The molecule has 1 aromatic rings. The number of anilines is 1. The van der Waals surface area contributed by atoms with Gasteiger partial charge in [-0.05, 0) is 24.5 Å². The summed E-state index contributed by atoms with van der Waals surface area (Å²) >= 11 is 0. The summed E-state index contributed by atoms with van der Waals surface area (Å²) in [4.78, 5) is 15.1. The summed E-state index contributed by atoms with van der Waals surface area (Å²) in [6.45, 7) is 1.09. The van der Waals surface area contributed by atoms with Crippen molar-refractivity contribution in [2.24, 2.45) is 0 Å². The van der Waals surface area contributed by atoms with Gasteiger partial charge in [-0.2, -0.15) is 0 Å². The zero-order valence-electron chi connectivity index (χ0n) is 12.2. The zero-order chi connectivity index (χ0) is 13.8. The van der Waals surface area contributed by atoms with Gasteiger partial charge in [0, 0.05) is 32.0 Å². The Kier molecular flexibility index (Phi) is 2.53. The molecule has 3 nitrogen and oxygen atoms in total. The van der Waals surface area contributed by atoms with Crippen LogP contribution < -0.4 is 10.2 Å². The normalized spacial score (nSPS) is 31.2. The molecule has 3 aliphatic rings. The second-order valence-corrected chi connectivity index (χ2v) is 6.75. The third kappa shape index (κ3) is 1.27. The molecule has 2 fully saturated rings. The van der Waals surface area contributed by atoms with Gasteiger partial charge in [-0.15, -0.1) is 0 Å². The fourth-order valence-corrected chi connectivity index (χ4v) is 5.16. The van der Waals surface area contributed by atoms with Gasteiger partial charge < -0.3 is 10.2 Å². The molecule has 1 aliphatic carbocycles. The maximum atomic E-state index is 13.2. The minimum absolute atomic E-state index is 0.128. The van der Waals surface area contributed by atoms with Gasteiger partial charge in [0.1, 0.15) is 11.0 Å². The highest BCUT2D eigenvalue weighted by Crippen LogP contribution is 2.53. The summed E-state index contributed by atoms with van der Waals surface area (Å²) in [6, 6.07) is 8.46. The number of fused-ring (bicyclic) bond motifs is 3. The third-order valence-electron chi connectivity index (χ3n) is 6.05. The van der Waals surface area contributed by atoms with E-state index in [4.69, 9.17) is 0 Å². The Labute approximate surface area is 120 Å². The quantitative estimate of drug-likeness (QED) is 0.764. The first-order valence-electron chi connectivity index (χ1n) is 7.93. The Bertz CT molecular complexity index is 562. The van der Waals surface area contributed by atoms with Crippen molar-refractivity contribution < 1.29 is 10.1 Å². The molecule has 106 valence electrons. The van der Waals surface area contributed by atoms with Crippen molar-refractivity contribution >= 4 is 11.6 Å². The van der Waals surface area contributed by atoms with E-state index in [2.05, 4.69) is 23.5 Å². The molecule has 1 unspecified atom stereocenters. The van der Waals surface area contributed by atoms with Crippen molar-refractivity contribution in [3.8, 4) is 0 Å². The van der Waals surface area contributed by atoms with Crippen LogP contribution in [0.1, 0.15) is 44.1 Å². The molecule has 0 radical (unpaired) electrons. The molecule has 4 rings (SSSR count). The smallest absolute Gasteiger partial charge is 0.244 e. The standard InChI is InChI=1S/C17H22N2O/c1-19-14-8-4-3-7-13(14)17(15(19)20)11-12-18-16(17)9-5-2-6-10-16/h3-4,7-8,18H,2,5-6,9-12H2,1H3/p+1. The van der Waals surface area contributed by atoms with Gasteiger partial charge in [0.05, 0.1) is 6.54 Å². The maximum absolute atomic E-state index is 13.2. The molecule has 1 saturated heterocycles. The van der Waals surface area contributed by atoms with Crippen molar-refractivity contribution in [1.29, 1.82) is 0 Å². The number of amides is 1. The van der Waals surface area contributed by atoms with Gasteiger partial charge in [-0.3, -0.25) is 4.79 Å². The van der Waals surface area contributed by atoms with E-state index in [1.54, 1.807) is 0 Å². The van der Waals surface area contributed by atoms with Crippen LogP contribution in [0.25, 0.3) is 0 Å². The molecule has 1 saturated carbocycles. The Balaban J connectivity index is 1.93. The lowest BCUT2D eigenvalue weighted by molar-refractivity contribution is -0.714. The van der Waals surface area contributed by atoms with Gasteiger partial charge in [-0.1, -0.05) is 24.6 Å². The highest BCUT2D eigenvalue weighted by atomic mass is 16.2. The monoisotopic (exact) mass is 271 g/mol. The molecular formula is C17H23N2O+. The topological polar surface area (TPSA) is 36.9 Å². The van der Waals surface area contributed by atoms with E-state index in [1.165, 1.54) is 37.7 Å². The van der Waals surface area contributed by atoms with Gasteiger partial charge in [0.15, 0.2) is 0 Å². The number of carbonyl (C=O) groups is 1. The number of carbonyl (C=O) groups excluding carboxylic acids is 1. The van der Waals surface area contributed by atoms with Gasteiger partial charge in [0.25, 0.3) is 0 Å². The fraction of sp³-hybridized carbons (Fsp3) is 0.588. The van der Waals surface area contributed by atoms with Crippen molar-refractivity contribution in [3.05, 3.63) is 29.8 Å². The minimum atomic E-state index is -0.251. The number of nitrogens with two attached hydrogens (primary N) is 1. The number of quaternary nitrogens is 1. The minimum Gasteiger partial charge on any atom is -0.340 e. The molecule has 2 spiro atoms. The van der Waals surface area contributed by atoms with Crippen LogP contribution >= 0.6 is 0 Å². The lowest BCUT2D eigenvalue weighted by atomic mass is 9.61. The Morgan fingerprint density at radius 1 is 1.10 bits per heavy atom. The number of rotatable bonds is 0. The molecule has 2 N–H and O–H groups in total. The predicted octanol–water partition coefficient (Wildman–Crippen LogP) is 1.57. The molecule has 1 aromatic carbocycles. The van der Waals surface area contributed by atoms with Gasteiger partial charge in [-0.25, -0.2) is 0 Å². The van der Waals surface area contributed by atoms with E-state index in [-0.39, 0.29) is 11.0 Å². The second kappa shape index (κ2) is 4.08. The van der Waals surface area contributed by atoms with E-state index in [0.717, 1.165) is 18.7 Å². The number of para-hydroxylation sites is 1. The number of nitrogens with zero attached hydrogens (tertiary/aromatic N) is 1. The molecular weight excluding hydrogens is 248 g/mol. The average Bonchev–Trinajstić information content (AvgIpc) is 2.95. The summed E-state index contributed by atoms with van der Waals surface area (Å²) < 4.78 is 0.